The molecule has 4 heteroatoms. The van der Waals surface area contributed by atoms with Crippen LogP contribution in [0.1, 0.15) is 25.3 Å². The lowest BCUT2D eigenvalue weighted by Crippen LogP contribution is -2.68. The van der Waals surface area contributed by atoms with Crippen molar-refractivity contribution in [2.75, 3.05) is 20.2 Å². The largest absolute Gasteiger partial charge is 0.469 e. The van der Waals surface area contributed by atoms with Gasteiger partial charge in [0.2, 0.25) is 0 Å². The number of carbonyl (C=O) groups is 1. The van der Waals surface area contributed by atoms with Crippen molar-refractivity contribution in [2.24, 2.45) is 16.8 Å². The van der Waals surface area contributed by atoms with Crippen molar-refractivity contribution in [3.8, 4) is 0 Å². The summed E-state index contributed by atoms with van der Waals surface area (Å²) < 4.78 is 5.31. The number of piperidine rings is 2. The van der Waals surface area contributed by atoms with E-state index in [9.17, 15) is 4.79 Å². The van der Waals surface area contributed by atoms with Crippen molar-refractivity contribution in [1.29, 1.82) is 0 Å². The van der Waals surface area contributed by atoms with Gasteiger partial charge in [0, 0.05) is 24.8 Å². The van der Waals surface area contributed by atoms with Crippen molar-refractivity contribution < 1.29 is 9.53 Å². The van der Waals surface area contributed by atoms with E-state index < -0.39 is 0 Å². The van der Waals surface area contributed by atoms with E-state index in [1.54, 1.807) is 0 Å². The van der Waals surface area contributed by atoms with E-state index >= 15 is 0 Å². The van der Waals surface area contributed by atoms with E-state index in [1.165, 1.54) is 24.0 Å². The van der Waals surface area contributed by atoms with Gasteiger partial charge in [-0.2, -0.15) is 0 Å². The van der Waals surface area contributed by atoms with Crippen LogP contribution in [0.25, 0.3) is 0 Å². The smallest absolute Gasteiger partial charge is 0.310 e. The van der Waals surface area contributed by atoms with Gasteiger partial charge in [0.05, 0.1) is 24.1 Å². The molecule has 0 amide bonds. The van der Waals surface area contributed by atoms with Crippen LogP contribution in [0.15, 0.2) is 40.9 Å². The number of nitrogens with zero attached hydrogens (tertiary/aromatic N) is 2. The molecule has 3 aliphatic heterocycles. The number of hydrogen-bond acceptors (Lipinski definition) is 4. The quantitative estimate of drug-likeness (QED) is 0.590. The van der Waals surface area contributed by atoms with E-state index in [0.29, 0.717) is 6.04 Å². The molecule has 3 heterocycles. The molecule has 1 aromatic rings. The third-order valence-electron chi connectivity index (χ3n) is 6.73. The van der Waals surface area contributed by atoms with Gasteiger partial charge in [-0.15, -0.1) is 0 Å². The summed E-state index contributed by atoms with van der Waals surface area (Å²) in [6.07, 6.45) is 4.17. The summed E-state index contributed by atoms with van der Waals surface area (Å²) in [5.74, 6) is 0.0569. The molecule has 1 unspecified atom stereocenters. The molecule has 3 fully saturated rings. The van der Waals surface area contributed by atoms with Crippen LogP contribution in [0.2, 0.25) is 0 Å². The summed E-state index contributed by atoms with van der Waals surface area (Å²) in [4.78, 5) is 20.5. The third-order valence-corrected chi connectivity index (χ3v) is 6.73. The minimum atomic E-state index is -0.261. The molecule has 1 aromatic carbocycles. The Kier molecular flexibility index (Phi) is 2.88. The van der Waals surface area contributed by atoms with Gasteiger partial charge in [-0.05, 0) is 37.3 Å². The van der Waals surface area contributed by atoms with Gasteiger partial charge in [0.25, 0.3) is 0 Å². The lowest BCUT2D eigenvalue weighted by atomic mass is 9.51. The average Bonchev–Trinajstić information content (AvgIpc) is 2.96. The fourth-order valence-corrected chi connectivity index (χ4v) is 5.77. The van der Waals surface area contributed by atoms with Crippen LogP contribution in [0, 0.1) is 11.8 Å². The molecule has 0 N–H and O–H groups in total. The maximum absolute atomic E-state index is 12.9. The van der Waals surface area contributed by atoms with E-state index in [0.717, 1.165) is 31.6 Å². The SMILES string of the molecule is C/C=C1/CN2CC[C@]34C(=Nc5ccccc53)C2C[C@@H]1[C@H]4C(=O)OC. The Morgan fingerprint density at radius 1 is 1.42 bits per heavy atom. The van der Waals surface area contributed by atoms with Crippen molar-refractivity contribution in [1.82, 2.24) is 4.90 Å². The number of hydrogen-bond donors (Lipinski definition) is 0. The first-order chi connectivity index (χ1) is 11.7. The Labute approximate surface area is 142 Å². The molecule has 0 spiro atoms. The maximum Gasteiger partial charge on any atom is 0.310 e. The highest BCUT2D eigenvalue weighted by Gasteiger charge is 2.65. The number of methoxy groups -OCH3 is 1. The molecule has 3 bridgehead atoms. The van der Waals surface area contributed by atoms with Crippen molar-refractivity contribution in [2.45, 2.75) is 31.2 Å². The summed E-state index contributed by atoms with van der Waals surface area (Å²) in [6, 6.07) is 8.76. The molecule has 1 aliphatic carbocycles. The van der Waals surface area contributed by atoms with Crippen molar-refractivity contribution in [3.63, 3.8) is 0 Å². The number of ether oxygens (including phenoxy) is 1. The summed E-state index contributed by atoms with van der Waals surface area (Å²) >= 11 is 0. The van der Waals surface area contributed by atoms with Crippen molar-refractivity contribution >= 4 is 17.4 Å². The number of allylic oxidation sites excluding steroid dienone is 1. The fourth-order valence-electron chi connectivity index (χ4n) is 5.77. The van der Waals surface area contributed by atoms with E-state index in [-0.39, 0.29) is 23.2 Å². The molecule has 0 radical (unpaired) electrons. The number of carbonyl (C=O) groups excluding carboxylic acids is 1. The van der Waals surface area contributed by atoms with Crippen LogP contribution in [-0.2, 0) is 14.9 Å². The summed E-state index contributed by atoms with van der Waals surface area (Å²) in [5, 5.41) is 0. The maximum atomic E-state index is 12.9. The lowest BCUT2D eigenvalue weighted by Gasteiger charge is -2.59. The Bertz CT molecular complexity index is 797. The van der Waals surface area contributed by atoms with E-state index in [1.807, 2.05) is 6.07 Å². The number of rotatable bonds is 1. The first kappa shape index (κ1) is 14.4. The Balaban J connectivity index is 1.79. The predicted molar refractivity (Wildman–Crippen MR) is 92.6 cm³/mol. The molecular formula is C20H22N2O2. The number of fused-ring (bicyclic) bond motifs is 2. The Morgan fingerprint density at radius 2 is 2.25 bits per heavy atom. The van der Waals surface area contributed by atoms with E-state index in [4.69, 9.17) is 9.73 Å². The van der Waals surface area contributed by atoms with Gasteiger partial charge in [-0.1, -0.05) is 29.8 Å². The van der Waals surface area contributed by atoms with Gasteiger partial charge in [0.1, 0.15) is 0 Å². The standard InChI is InChI=1S/C20H22N2O2/c1-3-12-11-22-9-8-20-14-6-4-5-7-15(14)21-18(20)16(22)10-13(12)17(20)19(23)24-2/h3-7,13,16-17H,8-11H2,1-2H3/b12-3-/t13-,16?,17-,20-/m0/s1. The third kappa shape index (κ3) is 1.53. The minimum absolute atomic E-state index is 0.0717. The second-order valence-electron chi connectivity index (χ2n) is 7.43. The molecule has 5 rings (SSSR count). The Hall–Kier alpha value is -1.94. The monoisotopic (exact) mass is 322 g/mol. The predicted octanol–water partition coefficient (Wildman–Crippen LogP) is 2.85. The fraction of sp³-hybridized carbons (Fsp3) is 0.500. The van der Waals surface area contributed by atoms with Gasteiger partial charge in [0.15, 0.2) is 0 Å². The molecule has 4 atom stereocenters. The molecule has 24 heavy (non-hydrogen) atoms. The number of para-hydroxylation sites is 1. The average molecular weight is 322 g/mol. The number of esters is 1. The normalized spacial score (nSPS) is 37.8. The van der Waals surface area contributed by atoms with Crippen LogP contribution in [0.3, 0.4) is 0 Å². The van der Waals surface area contributed by atoms with Crippen LogP contribution in [-0.4, -0.2) is 42.8 Å². The second kappa shape index (κ2) is 4.79. The van der Waals surface area contributed by atoms with Crippen LogP contribution >= 0.6 is 0 Å². The van der Waals surface area contributed by atoms with Crippen LogP contribution in [0.4, 0.5) is 5.69 Å². The number of aliphatic imine (C=N–C) groups is 1. The van der Waals surface area contributed by atoms with Gasteiger partial charge < -0.3 is 4.74 Å². The summed E-state index contributed by atoms with van der Waals surface area (Å²) in [5.41, 5.74) is 4.64. The van der Waals surface area contributed by atoms with Crippen molar-refractivity contribution in [3.05, 3.63) is 41.5 Å². The zero-order chi connectivity index (χ0) is 16.5. The minimum Gasteiger partial charge on any atom is -0.469 e. The Morgan fingerprint density at radius 3 is 3.04 bits per heavy atom. The molecule has 1 saturated carbocycles. The van der Waals surface area contributed by atoms with Gasteiger partial charge >= 0.3 is 5.97 Å². The highest BCUT2D eigenvalue weighted by Crippen LogP contribution is 2.60. The highest BCUT2D eigenvalue weighted by molar-refractivity contribution is 6.09. The summed E-state index contributed by atoms with van der Waals surface area (Å²) in [6.45, 7) is 4.09. The lowest BCUT2D eigenvalue weighted by molar-refractivity contribution is -0.151. The molecule has 2 saturated heterocycles. The zero-order valence-corrected chi connectivity index (χ0v) is 14.2. The molecule has 124 valence electrons. The first-order valence-corrected chi connectivity index (χ1v) is 8.86. The topological polar surface area (TPSA) is 41.9 Å². The van der Waals surface area contributed by atoms with Crippen LogP contribution < -0.4 is 0 Å². The molecule has 4 nitrogen and oxygen atoms in total. The first-order valence-electron chi connectivity index (χ1n) is 8.86. The van der Waals surface area contributed by atoms with Gasteiger partial charge in [-0.25, -0.2) is 0 Å². The number of benzene rings is 1. The highest BCUT2D eigenvalue weighted by atomic mass is 16.5. The van der Waals surface area contributed by atoms with Gasteiger partial charge in [-0.3, -0.25) is 14.7 Å². The second-order valence-corrected chi connectivity index (χ2v) is 7.43. The molecular weight excluding hydrogens is 300 g/mol. The molecule has 0 aromatic heterocycles. The molecule has 4 aliphatic rings. The summed E-state index contributed by atoms with van der Waals surface area (Å²) in [7, 11) is 1.52. The van der Waals surface area contributed by atoms with E-state index in [2.05, 4.69) is 36.1 Å². The zero-order valence-electron chi connectivity index (χ0n) is 14.2. The van der Waals surface area contributed by atoms with Crippen LogP contribution in [0.5, 0.6) is 0 Å².